The van der Waals surface area contributed by atoms with Gasteiger partial charge >= 0.3 is 17.9 Å². The lowest BCUT2D eigenvalue weighted by Crippen LogP contribution is -2.30. The smallest absolute Gasteiger partial charge is 0.306 e. The molecule has 0 aromatic rings. The predicted octanol–water partition coefficient (Wildman–Crippen LogP) is 17.6. The summed E-state index contributed by atoms with van der Waals surface area (Å²) >= 11 is 0. The van der Waals surface area contributed by atoms with Crippen LogP contribution in [0.5, 0.6) is 0 Å². The highest BCUT2D eigenvalue weighted by Crippen LogP contribution is 2.16. The van der Waals surface area contributed by atoms with Crippen molar-refractivity contribution in [3.8, 4) is 0 Å². The van der Waals surface area contributed by atoms with Gasteiger partial charge in [0.2, 0.25) is 0 Å². The molecule has 0 N–H and O–H groups in total. The molecule has 0 fully saturated rings. The maximum Gasteiger partial charge on any atom is 0.306 e. The van der Waals surface area contributed by atoms with Gasteiger partial charge in [-0.25, -0.2) is 0 Å². The summed E-state index contributed by atoms with van der Waals surface area (Å²) in [6.07, 6.45) is 63.6. The summed E-state index contributed by atoms with van der Waals surface area (Å²) in [5.74, 6) is -0.930. The molecule has 0 bridgehead atoms. The third kappa shape index (κ3) is 50.0. The number of hydrogen-bond acceptors (Lipinski definition) is 6. The first-order valence-electron chi connectivity index (χ1n) is 26.8. The number of ether oxygens (including phenoxy) is 3. The molecule has 63 heavy (non-hydrogen) atoms. The van der Waals surface area contributed by atoms with E-state index in [0.29, 0.717) is 25.7 Å². The average molecular weight is 881 g/mol. The Labute approximate surface area is 390 Å². The van der Waals surface area contributed by atoms with Crippen molar-refractivity contribution in [1.82, 2.24) is 0 Å². The van der Waals surface area contributed by atoms with E-state index in [1.165, 1.54) is 135 Å². The summed E-state index contributed by atoms with van der Waals surface area (Å²) in [5.41, 5.74) is 0. The summed E-state index contributed by atoms with van der Waals surface area (Å²) < 4.78 is 16.8. The van der Waals surface area contributed by atoms with Crippen LogP contribution in [0.15, 0.2) is 60.8 Å². The van der Waals surface area contributed by atoms with E-state index in [9.17, 15) is 14.4 Å². The van der Waals surface area contributed by atoms with Gasteiger partial charge in [0, 0.05) is 19.3 Å². The number of rotatable bonds is 48. The Morgan fingerprint density at radius 1 is 0.333 bits per heavy atom. The van der Waals surface area contributed by atoms with E-state index < -0.39 is 6.10 Å². The monoisotopic (exact) mass is 881 g/mol. The van der Waals surface area contributed by atoms with Crippen molar-refractivity contribution >= 4 is 17.9 Å². The van der Waals surface area contributed by atoms with Crippen LogP contribution in [0.1, 0.15) is 265 Å². The lowest BCUT2D eigenvalue weighted by atomic mass is 10.0. The third-order valence-corrected chi connectivity index (χ3v) is 11.5. The Morgan fingerprint density at radius 2 is 0.635 bits per heavy atom. The number of hydrogen-bond donors (Lipinski definition) is 0. The highest BCUT2D eigenvalue weighted by atomic mass is 16.6. The maximum absolute atomic E-state index is 12.8. The summed E-state index contributed by atoms with van der Waals surface area (Å²) in [6, 6.07) is 0. The summed E-state index contributed by atoms with van der Waals surface area (Å²) in [6.45, 7) is 6.47. The Balaban J connectivity index is 4.32. The molecule has 364 valence electrons. The first-order valence-corrected chi connectivity index (χ1v) is 26.8. The maximum atomic E-state index is 12.8. The highest BCUT2D eigenvalue weighted by molar-refractivity contribution is 5.71. The van der Waals surface area contributed by atoms with Gasteiger partial charge in [0.05, 0.1) is 0 Å². The van der Waals surface area contributed by atoms with Crippen LogP contribution in [0.4, 0.5) is 0 Å². The molecule has 1 atom stereocenters. The van der Waals surface area contributed by atoms with Crippen molar-refractivity contribution in [2.75, 3.05) is 13.2 Å². The van der Waals surface area contributed by atoms with Crippen LogP contribution in [0, 0.1) is 0 Å². The van der Waals surface area contributed by atoms with Gasteiger partial charge in [-0.1, -0.05) is 229 Å². The van der Waals surface area contributed by atoms with Crippen molar-refractivity contribution < 1.29 is 28.6 Å². The van der Waals surface area contributed by atoms with Crippen LogP contribution in [0.25, 0.3) is 0 Å². The zero-order valence-electron chi connectivity index (χ0n) is 41.6. The van der Waals surface area contributed by atoms with E-state index in [4.69, 9.17) is 14.2 Å². The number of carbonyl (C=O) groups is 3. The van der Waals surface area contributed by atoms with Crippen LogP contribution >= 0.6 is 0 Å². The van der Waals surface area contributed by atoms with Crippen molar-refractivity contribution in [1.29, 1.82) is 0 Å². The van der Waals surface area contributed by atoms with Crippen LogP contribution in [-0.2, 0) is 28.6 Å². The molecule has 6 nitrogen and oxygen atoms in total. The van der Waals surface area contributed by atoms with Gasteiger partial charge in [0.1, 0.15) is 13.2 Å². The minimum absolute atomic E-state index is 0.0883. The van der Waals surface area contributed by atoms with E-state index in [0.717, 1.165) is 83.5 Å². The second-order valence-electron chi connectivity index (χ2n) is 17.8. The molecule has 0 aliphatic rings. The second-order valence-corrected chi connectivity index (χ2v) is 17.8. The molecule has 0 aliphatic carbocycles. The first kappa shape index (κ1) is 60.1. The number of unbranched alkanes of at least 4 members (excludes halogenated alkanes) is 27. The van der Waals surface area contributed by atoms with Crippen LogP contribution in [0.3, 0.4) is 0 Å². The second kappa shape index (κ2) is 51.7. The Hall–Kier alpha value is -2.89. The molecule has 0 heterocycles. The summed E-state index contributed by atoms with van der Waals surface area (Å²) in [4.78, 5) is 37.9. The third-order valence-electron chi connectivity index (χ3n) is 11.5. The summed E-state index contributed by atoms with van der Waals surface area (Å²) in [7, 11) is 0. The molecule has 0 spiro atoms. The zero-order valence-corrected chi connectivity index (χ0v) is 41.6. The molecule has 0 saturated heterocycles. The van der Waals surface area contributed by atoms with Crippen LogP contribution < -0.4 is 0 Å². The van der Waals surface area contributed by atoms with Gasteiger partial charge in [-0.3, -0.25) is 14.4 Å². The number of carbonyl (C=O) groups excluding carboxylic acids is 3. The van der Waals surface area contributed by atoms with Crippen molar-refractivity contribution in [3.05, 3.63) is 60.8 Å². The molecular weight excluding hydrogens is 781 g/mol. The molecule has 0 radical (unpaired) electrons. The summed E-state index contributed by atoms with van der Waals surface area (Å²) in [5, 5.41) is 0. The molecule has 0 aromatic carbocycles. The molecule has 0 saturated carbocycles. The van der Waals surface area contributed by atoms with Crippen molar-refractivity contribution in [3.63, 3.8) is 0 Å². The molecule has 0 aromatic heterocycles. The predicted molar refractivity (Wildman–Crippen MR) is 270 cm³/mol. The minimum atomic E-state index is -0.788. The molecular formula is C57H100O6. The van der Waals surface area contributed by atoms with E-state index in [1.54, 1.807) is 0 Å². The van der Waals surface area contributed by atoms with Crippen molar-refractivity contribution in [2.45, 2.75) is 271 Å². The molecule has 0 aliphatic heterocycles. The van der Waals surface area contributed by atoms with Crippen molar-refractivity contribution in [2.24, 2.45) is 0 Å². The number of esters is 3. The fourth-order valence-electron chi connectivity index (χ4n) is 7.50. The van der Waals surface area contributed by atoms with E-state index in [2.05, 4.69) is 81.5 Å². The molecule has 1 unspecified atom stereocenters. The first-order chi connectivity index (χ1) is 31.0. The quantitative estimate of drug-likeness (QED) is 0.0262. The van der Waals surface area contributed by atoms with Gasteiger partial charge in [0.15, 0.2) is 6.10 Å². The standard InChI is InChI=1S/C57H100O6/c1-4-7-10-13-16-19-21-23-25-27-28-30-31-33-35-38-41-44-47-50-56(59)62-53-54(52-61-55(58)49-46-43-40-37-18-15-12-9-6-3)63-57(60)51-48-45-42-39-36-34-32-29-26-24-22-20-17-14-11-8-5-2/h7,10,16,19,23,25,28,30,37,40,54H,4-6,8-9,11-15,17-18,20-22,24,26-27,29,31-36,38-39,41-53H2,1-3H3/b10-7-,19-16-,25-23-,30-28-,40-37-. The Bertz CT molecular complexity index is 1150. The topological polar surface area (TPSA) is 78.9 Å². The fourth-order valence-corrected chi connectivity index (χ4v) is 7.50. The Morgan fingerprint density at radius 3 is 1.06 bits per heavy atom. The van der Waals surface area contributed by atoms with E-state index >= 15 is 0 Å². The van der Waals surface area contributed by atoms with E-state index in [-0.39, 0.29) is 31.1 Å². The lowest BCUT2D eigenvalue weighted by molar-refractivity contribution is -0.167. The van der Waals surface area contributed by atoms with Gasteiger partial charge in [-0.05, 0) is 77.0 Å². The highest BCUT2D eigenvalue weighted by Gasteiger charge is 2.19. The fraction of sp³-hybridized carbons (Fsp3) is 0.772. The normalized spacial score (nSPS) is 12.5. The SMILES string of the molecule is CC/C=C\C/C=C\C/C=C\C/C=C\CCCCCCCCC(=O)OCC(COC(=O)CCC/C=C\CCCCCC)OC(=O)CCCCCCCCCCCCCCCCCCC. The van der Waals surface area contributed by atoms with Gasteiger partial charge in [-0.15, -0.1) is 0 Å². The molecule has 0 rings (SSSR count). The van der Waals surface area contributed by atoms with E-state index in [1.807, 2.05) is 0 Å². The Kier molecular flexibility index (Phi) is 49.4. The largest absolute Gasteiger partial charge is 0.462 e. The number of allylic oxidation sites excluding steroid dienone is 10. The lowest BCUT2D eigenvalue weighted by Gasteiger charge is -2.18. The van der Waals surface area contributed by atoms with Gasteiger partial charge in [0.25, 0.3) is 0 Å². The molecule has 6 heteroatoms. The van der Waals surface area contributed by atoms with Gasteiger partial charge < -0.3 is 14.2 Å². The van der Waals surface area contributed by atoms with Crippen LogP contribution in [0.2, 0.25) is 0 Å². The van der Waals surface area contributed by atoms with Crippen LogP contribution in [-0.4, -0.2) is 37.2 Å². The molecule has 0 amide bonds. The minimum Gasteiger partial charge on any atom is -0.462 e. The average Bonchev–Trinajstić information content (AvgIpc) is 3.28. The zero-order chi connectivity index (χ0) is 45.8. The van der Waals surface area contributed by atoms with Gasteiger partial charge in [-0.2, -0.15) is 0 Å².